The van der Waals surface area contributed by atoms with Crippen molar-refractivity contribution in [1.29, 1.82) is 0 Å². The number of ether oxygens (including phenoxy) is 2. The number of anilines is 3. The van der Waals surface area contributed by atoms with Crippen molar-refractivity contribution in [2.24, 2.45) is 7.05 Å². The van der Waals surface area contributed by atoms with Gasteiger partial charge in [0, 0.05) is 48.5 Å². The van der Waals surface area contributed by atoms with Gasteiger partial charge in [-0.25, -0.2) is 9.97 Å². The first-order chi connectivity index (χ1) is 21.4. The highest BCUT2D eigenvalue weighted by Gasteiger charge is 2.16. The number of benzene rings is 2. The fourth-order valence-corrected chi connectivity index (χ4v) is 3.80. The van der Waals surface area contributed by atoms with Crippen molar-refractivity contribution >= 4 is 54.4 Å². The van der Waals surface area contributed by atoms with Gasteiger partial charge in [0.25, 0.3) is 20.2 Å². The van der Waals surface area contributed by atoms with Crippen LogP contribution in [0.15, 0.2) is 67.5 Å². The summed E-state index contributed by atoms with van der Waals surface area (Å²) in [4.78, 5) is 23.2. The Labute approximate surface area is 268 Å². The lowest BCUT2D eigenvalue weighted by molar-refractivity contribution is -0.111. The molecule has 2 aromatic heterocycles. The van der Waals surface area contributed by atoms with E-state index in [4.69, 9.17) is 23.6 Å². The standard InChI is InChI=1S/C27H30N6O3.2CH4O3S/c1-6-26(34)29-22-15-21(24(35-5)16-25(22)36-14-13-32(2)3)31-27-28-12-11-20(30-27)19-17-33(4)23-10-8-7-9-18(19)23;2*1-5(2,3)4/h6-12,15-17H,1,13-14H2,2-5H3,(H,29,34)(H,28,30,31);2*1H3,(H,2,3,4). The molecule has 46 heavy (non-hydrogen) atoms. The molecule has 15 nitrogen and oxygen atoms in total. The third kappa shape index (κ3) is 13.2. The quantitative estimate of drug-likeness (QED) is 0.140. The smallest absolute Gasteiger partial charge is 0.261 e. The van der Waals surface area contributed by atoms with Gasteiger partial charge in [-0.05, 0) is 38.4 Å². The number of likely N-dealkylation sites (N-methyl/N-ethyl adjacent to an activating group) is 1. The van der Waals surface area contributed by atoms with Crippen LogP contribution in [0.3, 0.4) is 0 Å². The Morgan fingerprint density at radius 1 is 1.04 bits per heavy atom. The largest absolute Gasteiger partial charge is 0.494 e. The summed E-state index contributed by atoms with van der Waals surface area (Å²) < 4.78 is 65.3. The molecule has 0 saturated carbocycles. The molecule has 4 rings (SSSR count). The number of rotatable bonds is 10. The van der Waals surface area contributed by atoms with Gasteiger partial charge in [0.15, 0.2) is 0 Å². The van der Waals surface area contributed by atoms with E-state index in [0.717, 1.165) is 22.2 Å². The summed E-state index contributed by atoms with van der Waals surface area (Å²) in [5.41, 5.74) is 3.97. The van der Waals surface area contributed by atoms with Crippen LogP contribution in [0, 0.1) is 0 Å². The molecule has 0 spiro atoms. The monoisotopic (exact) mass is 678 g/mol. The van der Waals surface area contributed by atoms with E-state index in [0.29, 0.717) is 54.5 Å². The second-order valence-corrected chi connectivity index (χ2v) is 12.9. The Balaban J connectivity index is 0.000000642. The van der Waals surface area contributed by atoms with E-state index in [9.17, 15) is 21.6 Å². The third-order valence-corrected chi connectivity index (χ3v) is 5.62. The fourth-order valence-electron chi connectivity index (χ4n) is 3.80. The molecule has 17 heteroatoms. The molecule has 2 heterocycles. The van der Waals surface area contributed by atoms with Crippen molar-refractivity contribution in [2.75, 3.05) is 57.5 Å². The maximum absolute atomic E-state index is 12.1. The Morgan fingerprint density at radius 2 is 1.67 bits per heavy atom. The number of amides is 1. The lowest BCUT2D eigenvalue weighted by Gasteiger charge is -2.18. The molecule has 0 atom stereocenters. The van der Waals surface area contributed by atoms with E-state index in [1.165, 1.54) is 6.08 Å². The molecule has 0 aliphatic heterocycles. The molecule has 1 amide bonds. The van der Waals surface area contributed by atoms with Gasteiger partial charge in [0.1, 0.15) is 18.1 Å². The van der Waals surface area contributed by atoms with E-state index >= 15 is 0 Å². The van der Waals surface area contributed by atoms with Gasteiger partial charge >= 0.3 is 0 Å². The molecule has 0 fully saturated rings. The van der Waals surface area contributed by atoms with Crippen LogP contribution >= 0.6 is 0 Å². The van der Waals surface area contributed by atoms with Crippen molar-refractivity contribution in [3.63, 3.8) is 0 Å². The summed E-state index contributed by atoms with van der Waals surface area (Å²) in [7, 11) is 0.172. The minimum atomic E-state index is -3.67. The van der Waals surface area contributed by atoms with Gasteiger partial charge in [0.05, 0.1) is 36.7 Å². The lowest BCUT2D eigenvalue weighted by Crippen LogP contribution is -2.20. The fraction of sp³-hybridized carbons (Fsp3) is 0.276. The SMILES string of the molecule is C=CC(=O)Nc1cc(Nc2nccc(-c3cn(C)c4ccccc34)n2)c(OC)cc1OCCN(C)C.CS(=O)(=O)O.CS(=O)(=O)O. The van der Waals surface area contributed by atoms with Crippen LogP contribution in [0.2, 0.25) is 0 Å². The van der Waals surface area contributed by atoms with E-state index in [2.05, 4.69) is 45.1 Å². The van der Waals surface area contributed by atoms with E-state index < -0.39 is 20.2 Å². The number of nitrogens with one attached hydrogen (secondary N) is 2. The molecule has 4 N–H and O–H groups in total. The first kappa shape index (κ1) is 37.6. The molecular formula is C29H38N6O9S2. The number of methoxy groups -OCH3 is 1. The minimum absolute atomic E-state index is 0.349. The second-order valence-electron chi connectivity index (χ2n) is 9.92. The first-order valence-electron chi connectivity index (χ1n) is 13.3. The highest BCUT2D eigenvalue weighted by molar-refractivity contribution is 7.85. The molecule has 0 radical (unpaired) electrons. The lowest BCUT2D eigenvalue weighted by atomic mass is 10.1. The van der Waals surface area contributed by atoms with Crippen molar-refractivity contribution < 1.29 is 40.2 Å². The topological polar surface area (TPSA) is 202 Å². The molecule has 0 saturated heterocycles. The molecule has 2 aromatic carbocycles. The number of nitrogens with zero attached hydrogens (tertiary/aromatic N) is 4. The number of aryl methyl sites for hydroxylation is 1. The van der Waals surface area contributed by atoms with E-state index in [1.54, 1.807) is 25.4 Å². The zero-order chi connectivity index (χ0) is 34.7. The number of fused-ring (bicyclic) bond motifs is 1. The Hall–Kier alpha value is -4.55. The number of hydrogen-bond acceptors (Lipinski definition) is 11. The molecule has 0 unspecified atom stereocenters. The predicted molar refractivity (Wildman–Crippen MR) is 178 cm³/mol. The van der Waals surface area contributed by atoms with Gasteiger partial charge in [-0.15, -0.1) is 0 Å². The normalized spacial score (nSPS) is 11.1. The number of hydrogen-bond donors (Lipinski definition) is 4. The van der Waals surface area contributed by atoms with Crippen molar-refractivity contribution in [1.82, 2.24) is 19.4 Å². The van der Waals surface area contributed by atoms with Crippen LogP contribution in [0.5, 0.6) is 11.5 Å². The zero-order valence-corrected chi connectivity index (χ0v) is 27.9. The van der Waals surface area contributed by atoms with E-state index in [1.807, 2.05) is 44.2 Å². The number of carbonyl (C=O) groups is 1. The number of aromatic nitrogens is 3. The van der Waals surface area contributed by atoms with Crippen molar-refractivity contribution in [3.8, 4) is 22.8 Å². The average molecular weight is 679 g/mol. The Morgan fingerprint density at radius 3 is 2.26 bits per heavy atom. The molecule has 4 aromatic rings. The van der Waals surface area contributed by atoms with Crippen LogP contribution in [-0.2, 0) is 32.1 Å². The highest BCUT2D eigenvalue weighted by Crippen LogP contribution is 2.38. The van der Waals surface area contributed by atoms with Crippen molar-refractivity contribution in [3.05, 3.63) is 67.5 Å². The summed E-state index contributed by atoms with van der Waals surface area (Å²) in [5, 5.41) is 7.14. The van der Waals surface area contributed by atoms with Gasteiger partial charge in [-0.1, -0.05) is 24.8 Å². The highest BCUT2D eigenvalue weighted by atomic mass is 32.2. The van der Waals surface area contributed by atoms with Crippen molar-refractivity contribution in [2.45, 2.75) is 0 Å². The molecule has 250 valence electrons. The first-order valence-corrected chi connectivity index (χ1v) is 17.0. The summed E-state index contributed by atoms with van der Waals surface area (Å²) in [6, 6.07) is 13.5. The zero-order valence-electron chi connectivity index (χ0n) is 26.3. The van der Waals surface area contributed by atoms with E-state index in [-0.39, 0.29) is 5.91 Å². The maximum atomic E-state index is 12.1. The van der Waals surface area contributed by atoms with Crippen LogP contribution in [-0.4, -0.2) is 98.2 Å². The summed E-state index contributed by atoms with van der Waals surface area (Å²) in [6.07, 6.45) is 6.40. The summed E-state index contributed by atoms with van der Waals surface area (Å²) in [5.74, 6) is 1.05. The maximum Gasteiger partial charge on any atom is 0.261 e. The van der Waals surface area contributed by atoms with Crippen LogP contribution < -0.4 is 20.1 Å². The summed E-state index contributed by atoms with van der Waals surface area (Å²) in [6.45, 7) is 4.69. The second kappa shape index (κ2) is 16.7. The van der Waals surface area contributed by atoms with Crippen LogP contribution in [0.4, 0.5) is 17.3 Å². The van der Waals surface area contributed by atoms with Crippen LogP contribution in [0.1, 0.15) is 0 Å². The molecule has 0 aliphatic rings. The average Bonchev–Trinajstić information content (AvgIpc) is 3.28. The number of carbonyl (C=O) groups excluding carboxylic acids is 1. The number of para-hydroxylation sites is 1. The van der Waals surface area contributed by atoms with Crippen LogP contribution in [0.25, 0.3) is 22.2 Å². The summed E-state index contributed by atoms with van der Waals surface area (Å²) >= 11 is 0. The van der Waals surface area contributed by atoms with Gasteiger partial charge in [-0.3, -0.25) is 13.9 Å². The molecule has 0 aliphatic carbocycles. The Kier molecular flexibility index (Phi) is 13.6. The minimum Gasteiger partial charge on any atom is -0.494 e. The third-order valence-electron chi connectivity index (χ3n) is 5.62. The van der Waals surface area contributed by atoms with Gasteiger partial charge in [0.2, 0.25) is 11.9 Å². The Bertz CT molecular complexity index is 1830. The van der Waals surface area contributed by atoms with Gasteiger partial charge < -0.3 is 29.6 Å². The predicted octanol–water partition coefficient (Wildman–Crippen LogP) is 3.46. The van der Waals surface area contributed by atoms with Gasteiger partial charge in [-0.2, -0.15) is 16.8 Å². The molecule has 0 bridgehead atoms. The molecular weight excluding hydrogens is 640 g/mol.